The van der Waals surface area contributed by atoms with Crippen molar-refractivity contribution < 1.29 is 9.90 Å². The van der Waals surface area contributed by atoms with E-state index in [1.54, 1.807) is 0 Å². The highest BCUT2D eigenvalue weighted by Crippen LogP contribution is 2.41. The van der Waals surface area contributed by atoms with Gasteiger partial charge in [-0.05, 0) is 18.4 Å². The van der Waals surface area contributed by atoms with Crippen LogP contribution in [0.2, 0.25) is 0 Å². The Morgan fingerprint density at radius 3 is 2.41 bits per heavy atom. The van der Waals surface area contributed by atoms with Crippen LogP contribution in [0.25, 0.3) is 0 Å². The molecule has 1 unspecified atom stereocenters. The quantitative estimate of drug-likeness (QED) is 0.810. The first-order chi connectivity index (χ1) is 8.26. The van der Waals surface area contributed by atoms with Gasteiger partial charge in [0.1, 0.15) is 6.29 Å². The molecule has 2 nitrogen and oxygen atoms in total. The molecule has 1 saturated carbocycles. The van der Waals surface area contributed by atoms with E-state index >= 15 is 0 Å². The van der Waals surface area contributed by atoms with Gasteiger partial charge in [-0.1, -0.05) is 49.6 Å². The fraction of sp³-hybridized carbons (Fsp3) is 0.533. The maximum absolute atomic E-state index is 10.9. The van der Waals surface area contributed by atoms with Gasteiger partial charge in [-0.3, -0.25) is 0 Å². The second kappa shape index (κ2) is 5.46. The summed E-state index contributed by atoms with van der Waals surface area (Å²) in [6.07, 6.45) is 6.33. The number of benzene rings is 1. The van der Waals surface area contributed by atoms with Gasteiger partial charge >= 0.3 is 0 Å². The second-order valence-corrected chi connectivity index (χ2v) is 5.03. The Balaban J connectivity index is 2.24. The summed E-state index contributed by atoms with van der Waals surface area (Å²) < 4.78 is 0. The molecule has 0 amide bonds. The van der Waals surface area contributed by atoms with E-state index in [1.807, 2.05) is 30.3 Å². The van der Waals surface area contributed by atoms with Gasteiger partial charge in [-0.15, -0.1) is 0 Å². The largest absolute Gasteiger partial charge is 0.389 e. The Labute approximate surface area is 103 Å². The molecule has 1 aromatic carbocycles. The van der Waals surface area contributed by atoms with Gasteiger partial charge in [0.05, 0.1) is 5.60 Å². The van der Waals surface area contributed by atoms with Gasteiger partial charge in [-0.2, -0.15) is 0 Å². The number of carbonyl (C=O) groups excluding carboxylic acids is 1. The number of rotatable bonds is 4. The Morgan fingerprint density at radius 2 is 1.82 bits per heavy atom. The molecule has 92 valence electrons. The second-order valence-electron chi connectivity index (χ2n) is 5.03. The van der Waals surface area contributed by atoms with E-state index in [2.05, 4.69) is 0 Å². The zero-order valence-corrected chi connectivity index (χ0v) is 10.1. The van der Waals surface area contributed by atoms with E-state index in [0.717, 1.165) is 37.5 Å². The first-order valence-corrected chi connectivity index (χ1v) is 6.47. The molecule has 0 bridgehead atoms. The van der Waals surface area contributed by atoms with E-state index in [4.69, 9.17) is 0 Å². The Hall–Kier alpha value is -1.15. The van der Waals surface area contributed by atoms with E-state index in [-0.39, 0.29) is 5.92 Å². The highest BCUT2D eigenvalue weighted by molar-refractivity contribution is 5.52. The molecule has 1 aliphatic rings. The standard InChI is InChI=1S/C15H20O2/c16-12-9-14(13-7-3-1-4-8-13)15(17)10-5-2-6-11-15/h1,3-4,7-8,12,14,17H,2,5-6,9-11H2. The summed E-state index contributed by atoms with van der Waals surface area (Å²) in [5.74, 6) is -0.0403. The van der Waals surface area contributed by atoms with Crippen LogP contribution in [0.15, 0.2) is 30.3 Å². The van der Waals surface area contributed by atoms with Crippen molar-refractivity contribution in [3.63, 3.8) is 0 Å². The van der Waals surface area contributed by atoms with E-state index in [0.29, 0.717) is 6.42 Å². The molecule has 0 aliphatic heterocycles. The number of hydrogen-bond acceptors (Lipinski definition) is 2. The smallest absolute Gasteiger partial charge is 0.120 e. The van der Waals surface area contributed by atoms with Gasteiger partial charge in [0.25, 0.3) is 0 Å². The van der Waals surface area contributed by atoms with Crippen LogP contribution in [0.5, 0.6) is 0 Å². The van der Waals surface area contributed by atoms with Gasteiger partial charge < -0.3 is 9.90 Å². The van der Waals surface area contributed by atoms with E-state index < -0.39 is 5.60 Å². The Bertz CT molecular complexity index is 352. The third-order valence-electron chi connectivity index (χ3n) is 3.90. The molecular weight excluding hydrogens is 212 g/mol. The van der Waals surface area contributed by atoms with Gasteiger partial charge in [0.15, 0.2) is 0 Å². The van der Waals surface area contributed by atoms with Crippen LogP contribution < -0.4 is 0 Å². The summed E-state index contributed by atoms with van der Waals surface area (Å²) in [5.41, 5.74) is 0.407. The highest BCUT2D eigenvalue weighted by atomic mass is 16.3. The van der Waals surface area contributed by atoms with Crippen molar-refractivity contribution in [2.45, 2.75) is 50.0 Å². The molecule has 2 rings (SSSR count). The summed E-state index contributed by atoms with van der Waals surface area (Å²) in [5, 5.41) is 10.8. The fourth-order valence-corrected chi connectivity index (χ4v) is 2.96. The maximum Gasteiger partial charge on any atom is 0.120 e. The average molecular weight is 232 g/mol. The van der Waals surface area contributed by atoms with Crippen LogP contribution in [0, 0.1) is 0 Å². The summed E-state index contributed by atoms with van der Waals surface area (Å²) in [6.45, 7) is 0. The summed E-state index contributed by atoms with van der Waals surface area (Å²) in [6, 6.07) is 9.94. The summed E-state index contributed by atoms with van der Waals surface area (Å²) >= 11 is 0. The molecule has 2 heteroatoms. The molecule has 1 N–H and O–H groups in total. The van der Waals surface area contributed by atoms with E-state index in [9.17, 15) is 9.90 Å². The SMILES string of the molecule is O=CCC(c1ccccc1)C1(O)CCCCC1. The van der Waals surface area contributed by atoms with Crippen molar-refractivity contribution in [3.05, 3.63) is 35.9 Å². The van der Waals surface area contributed by atoms with Crippen LogP contribution in [0.3, 0.4) is 0 Å². The zero-order chi connectivity index (χ0) is 12.1. The molecule has 1 atom stereocenters. The Kier molecular flexibility index (Phi) is 3.95. The lowest BCUT2D eigenvalue weighted by Gasteiger charge is -2.39. The minimum Gasteiger partial charge on any atom is -0.389 e. The monoisotopic (exact) mass is 232 g/mol. The van der Waals surface area contributed by atoms with Gasteiger partial charge in [-0.25, -0.2) is 0 Å². The number of aliphatic hydroxyl groups is 1. The highest BCUT2D eigenvalue weighted by Gasteiger charge is 2.38. The molecule has 0 saturated heterocycles. The zero-order valence-electron chi connectivity index (χ0n) is 10.1. The lowest BCUT2D eigenvalue weighted by atomic mass is 9.72. The Morgan fingerprint density at radius 1 is 1.18 bits per heavy atom. The first-order valence-electron chi connectivity index (χ1n) is 6.47. The molecule has 1 fully saturated rings. The van der Waals surface area contributed by atoms with Crippen molar-refractivity contribution in [2.75, 3.05) is 0 Å². The lowest BCUT2D eigenvalue weighted by Crippen LogP contribution is -2.38. The molecule has 0 radical (unpaired) electrons. The minimum absolute atomic E-state index is 0.0403. The third-order valence-corrected chi connectivity index (χ3v) is 3.90. The first kappa shape index (κ1) is 12.3. The van der Waals surface area contributed by atoms with Crippen molar-refractivity contribution in [2.24, 2.45) is 0 Å². The minimum atomic E-state index is -0.680. The van der Waals surface area contributed by atoms with Crippen molar-refractivity contribution in [3.8, 4) is 0 Å². The molecule has 0 aromatic heterocycles. The van der Waals surface area contributed by atoms with Crippen molar-refractivity contribution >= 4 is 6.29 Å². The number of aldehydes is 1. The topological polar surface area (TPSA) is 37.3 Å². The molecular formula is C15H20O2. The lowest BCUT2D eigenvalue weighted by molar-refractivity contribution is -0.110. The molecule has 1 aliphatic carbocycles. The number of carbonyl (C=O) groups is 1. The van der Waals surface area contributed by atoms with Crippen LogP contribution in [0.1, 0.15) is 50.0 Å². The maximum atomic E-state index is 10.9. The number of hydrogen-bond donors (Lipinski definition) is 1. The fourth-order valence-electron chi connectivity index (χ4n) is 2.96. The van der Waals surface area contributed by atoms with E-state index in [1.165, 1.54) is 6.42 Å². The summed E-state index contributed by atoms with van der Waals surface area (Å²) in [4.78, 5) is 10.9. The van der Waals surface area contributed by atoms with Crippen LogP contribution in [-0.4, -0.2) is 17.0 Å². The average Bonchev–Trinajstić information content (AvgIpc) is 2.38. The van der Waals surface area contributed by atoms with Crippen LogP contribution in [0.4, 0.5) is 0 Å². The summed E-state index contributed by atoms with van der Waals surface area (Å²) in [7, 11) is 0. The van der Waals surface area contributed by atoms with Gasteiger partial charge in [0.2, 0.25) is 0 Å². The predicted molar refractivity (Wildman–Crippen MR) is 67.9 cm³/mol. The normalized spacial score (nSPS) is 20.8. The molecule has 0 spiro atoms. The predicted octanol–water partition coefficient (Wildman–Crippen LogP) is 3.05. The molecule has 17 heavy (non-hydrogen) atoms. The third kappa shape index (κ3) is 2.75. The molecule has 1 aromatic rings. The van der Waals surface area contributed by atoms with Gasteiger partial charge in [0, 0.05) is 12.3 Å². The van der Waals surface area contributed by atoms with Crippen LogP contribution >= 0.6 is 0 Å². The van der Waals surface area contributed by atoms with Crippen molar-refractivity contribution in [1.29, 1.82) is 0 Å². The van der Waals surface area contributed by atoms with Crippen LogP contribution in [-0.2, 0) is 4.79 Å². The molecule has 0 heterocycles. The van der Waals surface area contributed by atoms with Crippen molar-refractivity contribution in [1.82, 2.24) is 0 Å².